The normalized spacial score (nSPS) is 35.5. The molecule has 0 N–H and O–H groups in total. The van der Waals surface area contributed by atoms with Gasteiger partial charge in [0.1, 0.15) is 0 Å². The highest BCUT2D eigenvalue weighted by atomic mass is 14.4. The molecule has 3 rings (SSSR count). The van der Waals surface area contributed by atoms with Crippen LogP contribution in [-0.4, -0.2) is 0 Å². The molecule has 3 fully saturated rings. The van der Waals surface area contributed by atoms with Crippen molar-refractivity contribution in [3.63, 3.8) is 0 Å². The molecule has 0 atom stereocenters. The summed E-state index contributed by atoms with van der Waals surface area (Å²) >= 11 is 0. The van der Waals surface area contributed by atoms with E-state index < -0.39 is 0 Å². The maximum Gasteiger partial charge on any atom is -0.0233 e. The van der Waals surface area contributed by atoms with Crippen LogP contribution in [-0.2, 0) is 0 Å². The first-order valence-corrected chi connectivity index (χ1v) is 14.1. The average Bonchev–Trinajstić information content (AvgIpc) is 2.81. The lowest BCUT2D eigenvalue weighted by atomic mass is 9.68. The first kappa shape index (κ1) is 24.1. The number of rotatable bonds is 11. The third-order valence-corrected chi connectivity index (χ3v) is 9.22. The zero-order chi connectivity index (χ0) is 21.0. The third kappa shape index (κ3) is 8.20. The van der Waals surface area contributed by atoms with Gasteiger partial charge in [0, 0.05) is 0 Å². The lowest BCUT2D eigenvalue weighted by molar-refractivity contribution is 0.140. The van der Waals surface area contributed by atoms with E-state index in [-0.39, 0.29) is 0 Å². The molecule has 0 heteroatoms. The third-order valence-electron chi connectivity index (χ3n) is 9.22. The highest BCUT2D eigenvalue weighted by molar-refractivity contribution is 4.94. The van der Waals surface area contributed by atoms with E-state index >= 15 is 0 Å². The minimum absolute atomic E-state index is 0.797. The van der Waals surface area contributed by atoms with Gasteiger partial charge in [-0.15, -0.1) is 6.58 Å². The fourth-order valence-electron chi connectivity index (χ4n) is 6.95. The van der Waals surface area contributed by atoms with Crippen LogP contribution in [0.25, 0.3) is 0 Å². The summed E-state index contributed by atoms with van der Waals surface area (Å²) in [5.74, 6) is 5.93. The molecule has 0 amide bonds. The fraction of sp³-hybridized carbons (Fsp3) is 0.867. The molecule has 0 saturated heterocycles. The molecule has 0 unspecified atom stereocenters. The molecular weight excluding hydrogens is 360 g/mol. The second-order valence-corrected chi connectivity index (χ2v) is 11.3. The molecule has 3 aliphatic rings. The highest BCUT2D eigenvalue weighted by Gasteiger charge is 2.30. The van der Waals surface area contributed by atoms with Crippen molar-refractivity contribution in [3.8, 4) is 0 Å². The van der Waals surface area contributed by atoms with Crippen LogP contribution in [0.5, 0.6) is 0 Å². The average molecular weight is 413 g/mol. The topological polar surface area (TPSA) is 0 Å². The number of hydrogen-bond acceptors (Lipinski definition) is 0. The summed E-state index contributed by atoms with van der Waals surface area (Å²) in [5, 5.41) is 0. The number of allylic oxidation sites excluding steroid dienone is 3. The van der Waals surface area contributed by atoms with E-state index in [0.717, 1.165) is 35.5 Å². The summed E-state index contributed by atoms with van der Waals surface area (Å²) in [6, 6.07) is 0. The van der Waals surface area contributed by atoms with Crippen LogP contribution in [0.15, 0.2) is 24.8 Å². The zero-order valence-corrected chi connectivity index (χ0v) is 20.3. The van der Waals surface area contributed by atoms with Crippen molar-refractivity contribution in [2.75, 3.05) is 0 Å². The monoisotopic (exact) mass is 412 g/mol. The smallest absolute Gasteiger partial charge is 0.0233 e. The minimum atomic E-state index is 0.797. The van der Waals surface area contributed by atoms with Crippen molar-refractivity contribution in [1.29, 1.82) is 0 Å². The molecule has 0 aromatic rings. The Morgan fingerprint density at radius 3 is 1.77 bits per heavy atom. The van der Waals surface area contributed by atoms with E-state index in [2.05, 4.69) is 31.7 Å². The molecule has 0 aliphatic heterocycles. The van der Waals surface area contributed by atoms with Crippen molar-refractivity contribution in [2.24, 2.45) is 35.5 Å². The van der Waals surface area contributed by atoms with E-state index in [4.69, 9.17) is 0 Å². The molecule has 172 valence electrons. The highest BCUT2D eigenvalue weighted by Crippen LogP contribution is 2.43. The van der Waals surface area contributed by atoms with Crippen molar-refractivity contribution in [1.82, 2.24) is 0 Å². The lowest BCUT2D eigenvalue weighted by Gasteiger charge is -2.38. The molecule has 0 aromatic carbocycles. The Kier molecular flexibility index (Phi) is 11.1. The van der Waals surface area contributed by atoms with Gasteiger partial charge in [-0.25, -0.2) is 0 Å². The standard InChI is InChI=1S/C30H52/c1-3-5-6-7-10-27-17-21-29(22-18-27)30-23-19-28(20-24-30)12-9-8-11-26-15-13-25(4-2)14-16-26/h4,8,11,25-30H,2-3,5-7,9-10,12-24H2,1H3/t25-,26-,27-,28-,29-,30-. The zero-order valence-electron chi connectivity index (χ0n) is 20.3. The second-order valence-electron chi connectivity index (χ2n) is 11.3. The lowest BCUT2D eigenvalue weighted by Crippen LogP contribution is -2.25. The molecule has 3 saturated carbocycles. The molecule has 0 spiro atoms. The summed E-state index contributed by atoms with van der Waals surface area (Å²) in [7, 11) is 0. The quantitative estimate of drug-likeness (QED) is 0.234. The summed E-state index contributed by atoms with van der Waals surface area (Å²) in [6.07, 6.45) is 35.3. The van der Waals surface area contributed by atoms with Gasteiger partial charge in [-0.05, 0) is 99.7 Å². The van der Waals surface area contributed by atoms with Gasteiger partial charge >= 0.3 is 0 Å². The summed E-state index contributed by atoms with van der Waals surface area (Å²) < 4.78 is 0. The van der Waals surface area contributed by atoms with Gasteiger partial charge in [0.05, 0.1) is 0 Å². The number of hydrogen-bond donors (Lipinski definition) is 0. The first-order chi connectivity index (χ1) is 14.8. The number of unbranched alkanes of at least 4 members (excludes halogenated alkanes) is 3. The van der Waals surface area contributed by atoms with Gasteiger partial charge in [-0.2, -0.15) is 0 Å². The Morgan fingerprint density at radius 2 is 1.20 bits per heavy atom. The van der Waals surface area contributed by atoms with E-state index in [1.165, 1.54) is 83.5 Å². The second kappa shape index (κ2) is 13.8. The molecule has 30 heavy (non-hydrogen) atoms. The summed E-state index contributed by atoms with van der Waals surface area (Å²) in [5.41, 5.74) is 0. The van der Waals surface area contributed by atoms with Crippen molar-refractivity contribution in [2.45, 2.75) is 129 Å². The van der Waals surface area contributed by atoms with E-state index in [1.807, 2.05) is 0 Å². The Balaban J connectivity index is 1.23. The van der Waals surface area contributed by atoms with E-state index in [9.17, 15) is 0 Å². The Morgan fingerprint density at radius 1 is 0.633 bits per heavy atom. The van der Waals surface area contributed by atoms with Crippen LogP contribution in [0.2, 0.25) is 0 Å². The van der Waals surface area contributed by atoms with Crippen LogP contribution in [0.4, 0.5) is 0 Å². The van der Waals surface area contributed by atoms with E-state index in [0.29, 0.717) is 0 Å². The van der Waals surface area contributed by atoms with Crippen molar-refractivity contribution < 1.29 is 0 Å². The maximum absolute atomic E-state index is 3.97. The molecule has 0 heterocycles. The van der Waals surface area contributed by atoms with Gasteiger partial charge in [0.2, 0.25) is 0 Å². The van der Waals surface area contributed by atoms with Crippen molar-refractivity contribution in [3.05, 3.63) is 24.8 Å². The van der Waals surface area contributed by atoms with Gasteiger partial charge in [-0.3, -0.25) is 0 Å². The van der Waals surface area contributed by atoms with Gasteiger partial charge in [0.15, 0.2) is 0 Å². The van der Waals surface area contributed by atoms with Crippen LogP contribution in [0.3, 0.4) is 0 Å². The first-order valence-electron chi connectivity index (χ1n) is 14.1. The van der Waals surface area contributed by atoms with Crippen LogP contribution in [0.1, 0.15) is 129 Å². The predicted octanol–water partition coefficient (Wildman–Crippen LogP) is 9.90. The van der Waals surface area contributed by atoms with E-state index in [1.54, 1.807) is 38.5 Å². The molecule has 0 nitrogen and oxygen atoms in total. The van der Waals surface area contributed by atoms with Crippen LogP contribution in [0, 0.1) is 35.5 Å². The molecule has 3 aliphatic carbocycles. The fourth-order valence-corrected chi connectivity index (χ4v) is 6.95. The summed E-state index contributed by atoms with van der Waals surface area (Å²) in [6.45, 7) is 6.30. The molecule has 0 bridgehead atoms. The SMILES string of the molecule is C=C[C@H]1CC[C@H](C=CCC[C@H]2CC[C@H]([C@H]3CC[C@H](CCCCCC)CC3)CC2)CC1. The van der Waals surface area contributed by atoms with Crippen molar-refractivity contribution >= 4 is 0 Å². The maximum atomic E-state index is 3.97. The van der Waals surface area contributed by atoms with Crippen LogP contribution >= 0.6 is 0 Å². The van der Waals surface area contributed by atoms with Crippen LogP contribution < -0.4 is 0 Å². The minimum Gasteiger partial charge on any atom is -0.103 e. The molecular formula is C30H52. The van der Waals surface area contributed by atoms with Gasteiger partial charge in [0.25, 0.3) is 0 Å². The summed E-state index contributed by atoms with van der Waals surface area (Å²) in [4.78, 5) is 0. The molecule has 0 aromatic heterocycles. The largest absolute Gasteiger partial charge is 0.103 e. The Labute approximate surface area is 189 Å². The van der Waals surface area contributed by atoms with Gasteiger partial charge in [-0.1, -0.05) is 82.9 Å². The predicted molar refractivity (Wildman–Crippen MR) is 134 cm³/mol. The Hall–Kier alpha value is -0.520. The van der Waals surface area contributed by atoms with Gasteiger partial charge < -0.3 is 0 Å². The Bertz CT molecular complexity index is 464. The molecule has 0 radical (unpaired) electrons.